The molecule has 8 heteroatoms. The third-order valence-electron chi connectivity index (χ3n) is 5.05. The van der Waals surface area contributed by atoms with Gasteiger partial charge in [0, 0.05) is 24.3 Å². The van der Waals surface area contributed by atoms with Gasteiger partial charge in [0.2, 0.25) is 0 Å². The number of nitrogens with two attached hydrogens (primary N) is 1. The maximum Gasteiger partial charge on any atom is 0.414 e. The van der Waals surface area contributed by atoms with Crippen LogP contribution in [0, 0.1) is 5.41 Å². The Morgan fingerprint density at radius 3 is 2.45 bits per heavy atom. The Labute approximate surface area is 169 Å². The molecule has 0 aliphatic carbocycles. The fourth-order valence-corrected chi connectivity index (χ4v) is 3.52. The van der Waals surface area contributed by atoms with E-state index >= 15 is 0 Å². The van der Waals surface area contributed by atoms with E-state index in [9.17, 15) is 4.79 Å². The van der Waals surface area contributed by atoms with Crippen molar-refractivity contribution in [3.63, 3.8) is 0 Å². The normalized spacial score (nSPS) is 20.9. The molecule has 2 aliphatic rings. The number of hydrogen-bond acceptors (Lipinski definition) is 6. The Balaban J connectivity index is 1.53. The standard InChI is InChI=1S/C21H24N4O4/c22-19(23)15-6-8-16(9-7-15)25-14-18(29-21(25)26)20(24-10-12-27-13-11-24)28-17-4-2-1-3-5-17/h1-9,18,20H,10-14H2,(H3,22,23). The summed E-state index contributed by atoms with van der Waals surface area (Å²) in [5.74, 6) is 0.714. The second-order valence-electron chi connectivity index (χ2n) is 6.96. The smallest absolute Gasteiger partial charge is 0.414 e. The summed E-state index contributed by atoms with van der Waals surface area (Å²) in [5.41, 5.74) is 6.81. The number of carbonyl (C=O) groups is 1. The Morgan fingerprint density at radius 1 is 1.10 bits per heavy atom. The molecule has 2 heterocycles. The summed E-state index contributed by atoms with van der Waals surface area (Å²) in [6, 6.07) is 16.5. The molecule has 2 atom stereocenters. The number of anilines is 1. The molecule has 152 valence electrons. The maximum atomic E-state index is 12.6. The largest absolute Gasteiger partial charge is 0.471 e. The molecule has 29 heavy (non-hydrogen) atoms. The Kier molecular flexibility index (Phi) is 5.64. The number of amidine groups is 1. The number of amides is 1. The van der Waals surface area contributed by atoms with Crippen molar-refractivity contribution in [1.29, 1.82) is 5.41 Å². The van der Waals surface area contributed by atoms with Crippen molar-refractivity contribution in [2.75, 3.05) is 37.7 Å². The lowest BCUT2D eigenvalue weighted by Gasteiger charge is -2.36. The first-order chi connectivity index (χ1) is 14.1. The SMILES string of the molecule is N=C(N)c1ccc(N2CC(C(Oc3ccccc3)N3CCOCC3)OC2=O)cc1. The van der Waals surface area contributed by atoms with Crippen LogP contribution in [-0.4, -0.2) is 62.0 Å². The van der Waals surface area contributed by atoms with Crippen molar-refractivity contribution in [2.45, 2.75) is 12.3 Å². The van der Waals surface area contributed by atoms with Crippen LogP contribution in [-0.2, 0) is 9.47 Å². The van der Waals surface area contributed by atoms with Crippen LogP contribution in [0.25, 0.3) is 0 Å². The highest BCUT2D eigenvalue weighted by atomic mass is 16.6. The fourth-order valence-electron chi connectivity index (χ4n) is 3.52. The van der Waals surface area contributed by atoms with Crippen LogP contribution in [0.1, 0.15) is 5.56 Å². The number of carbonyl (C=O) groups excluding carboxylic acids is 1. The zero-order chi connectivity index (χ0) is 20.2. The van der Waals surface area contributed by atoms with Crippen molar-refractivity contribution in [1.82, 2.24) is 4.90 Å². The predicted molar refractivity (Wildman–Crippen MR) is 108 cm³/mol. The molecule has 2 aliphatic heterocycles. The quantitative estimate of drug-likeness (QED) is 0.572. The molecule has 2 fully saturated rings. The van der Waals surface area contributed by atoms with E-state index in [1.54, 1.807) is 29.2 Å². The van der Waals surface area contributed by atoms with Crippen LogP contribution in [0.15, 0.2) is 54.6 Å². The van der Waals surface area contributed by atoms with Gasteiger partial charge in [-0.3, -0.25) is 15.2 Å². The van der Waals surface area contributed by atoms with E-state index in [0.29, 0.717) is 44.1 Å². The number of hydrogen-bond donors (Lipinski definition) is 2. The van der Waals surface area contributed by atoms with Gasteiger partial charge in [0.05, 0.1) is 19.8 Å². The van der Waals surface area contributed by atoms with Gasteiger partial charge < -0.3 is 19.9 Å². The lowest BCUT2D eigenvalue weighted by atomic mass is 10.1. The fraction of sp³-hybridized carbons (Fsp3) is 0.333. The maximum absolute atomic E-state index is 12.6. The molecule has 0 bridgehead atoms. The van der Waals surface area contributed by atoms with Gasteiger partial charge in [-0.1, -0.05) is 18.2 Å². The molecule has 0 spiro atoms. The number of cyclic esters (lactones) is 1. The minimum Gasteiger partial charge on any atom is -0.471 e. The summed E-state index contributed by atoms with van der Waals surface area (Å²) in [4.78, 5) is 16.3. The molecular weight excluding hydrogens is 372 g/mol. The molecule has 3 N–H and O–H groups in total. The monoisotopic (exact) mass is 396 g/mol. The summed E-state index contributed by atoms with van der Waals surface area (Å²) in [5, 5.41) is 7.50. The van der Waals surface area contributed by atoms with E-state index in [-0.39, 0.29) is 5.84 Å². The molecule has 4 rings (SSSR count). The van der Waals surface area contributed by atoms with Gasteiger partial charge in [0.1, 0.15) is 11.6 Å². The van der Waals surface area contributed by atoms with Gasteiger partial charge in [-0.15, -0.1) is 0 Å². The van der Waals surface area contributed by atoms with Crippen molar-refractivity contribution in [3.05, 3.63) is 60.2 Å². The Morgan fingerprint density at radius 2 is 1.79 bits per heavy atom. The van der Waals surface area contributed by atoms with Gasteiger partial charge >= 0.3 is 6.09 Å². The van der Waals surface area contributed by atoms with Crippen molar-refractivity contribution in [3.8, 4) is 5.75 Å². The average Bonchev–Trinajstić information content (AvgIpc) is 3.14. The Hall–Kier alpha value is -3.10. The first kappa shape index (κ1) is 19.2. The van der Waals surface area contributed by atoms with E-state index in [0.717, 1.165) is 5.75 Å². The van der Waals surface area contributed by atoms with Gasteiger partial charge in [0.25, 0.3) is 0 Å². The number of morpholine rings is 1. The second kappa shape index (κ2) is 8.50. The van der Waals surface area contributed by atoms with E-state index in [2.05, 4.69) is 4.90 Å². The van der Waals surface area contributed by atoms with Crippen molar-refractivity contribution in [2.24, 2.45) is 5.73 Å². The van der Waals surface area contributed by atoms with Crippen LogP contribution >= 0.6 is 0 Å². The predicted octanol–water partition coefficient (Wildman–Crippen LogP) is 2.03. The van der Waals surface area contributed by atoms with Crippen molar-refractivity contribution >= 4 is 17.6 Å². The minimum absolute atomic E-state index is 0.0120. The lowest BCUT2D eigenvalue weighted by Crippen LogP contribution is -2.53. The summed E-state index contributed by atoms with van der Waals surface area (Å²) >= 11 is 0. The highest BCUT2D eigenvalue weighted by Gasteiger charge is 2.41. The van der Waals surface area contributed by atoms with Crippen LogP contribution < -0.4 is 15.4 Å². The topological polar surface area (TPSA) is 101 Å². The molecule has 8 nitrogen and oxygen atoms in total. The second-order valence-corrected chi connectivity index (χ2v) is 6.96. The first-order valence-electron chi connectivity index (χ1n) is 9.58. The molecule has 0 saturated carbocycles. The van der Waals surface area contributed by atoms with Crippen molar-refractivity contribution < 1.29 is 19.0 Å². The van der Waals surface area contributed by atoms with E-state index < -0.39 is 18.4 Å². The van der Waals surface area contributed by atoms with Gasteiger partial charge in [0.15, 0.2) is 12.3 Å². The van der Waals surface area contributed by atoms with Crippen LogP contribution in [0.5, 0.6) is 5.75 Å². The Bertz CT molecular complexity index is 853. The molecule has 1 amide bonds. The zero-order valence-corrected chi connectivity index (χ0v) is 16.0. The third-order valence-corrected chi connectivity index (χ3v) is 5.05. The van der Waals surface area contributed by atoms with Gasteiger partial charge in [-0.05, 0) is 36.4 Å². The lowest BCUT2D eigenvalue weighted by molar-refractivity contribution is -0.0900. The number of rotatable bonds is 6. The van der Waals surface area contributed by atoms with Crippen LogP contribution in [0.3, 0.4) is 0 Å². The number of nitrogens with one attached hydrogen (secondary N) is 1. The van der Waals surface area contributed by atoms with E-state index in [1.807, 2.05) is 30.3 Å². The molecule has 2 aromatic carbocycles. The minimum atomic E-state index is -0.451. The summed E-state index contributed by atoms with van der Waals surface area (Å²) in [6.45, 7) is 3.02. The summed E-state index contributed by atoms with van der Waals surface area (Å²) in [6.07, 6.45) is -1.28. The number of benzene rings is 2. The summed E-state index contributed by atoms with van der Waals surface area (Å²) in [7, 11) is 0. The van der Waals surface area contributed by atoms with E-state index in [4.69, 9.17) is 25.4 Å². The first-order valence-corrected chi connectivity index (χ1v) is 9.58. The summed E-state index contributed by atoms with van der Waals surface area (Å²) < 4.78 is 17.4. The number of nitrogen functional groups attached to an aromatic ring is 1. The molecule has 0 aromatic heterocycles. The number of para-hydroxylation sites is 1. The third kappa shape index (κ3) is 4.33. The molecule has 2 aromatic rings. The number of ether oxygens (including phenoxy) is 3. The molecule has 0 radical (unpaired) electrons. The average molecular weight is 396 g/mol. The highest BCUT2D eigenvalue weighted by molar-refractivity contribution is 5.96. The molecule has 2 saturated heterocycles. The molecular formula is C21H24N4O4. The zero-order valence-electron chi connectivity index (χ0n) is 16.0. The van der Waals surface area contributed by atoms with E-state index in [1.165, 1.54) is 0 Å². The van der Waals surface area contributed by atoms with Crippen LogP contribution in [0.2, 0.25) is 0 Å². The highest BCUT2D eigenvalue weighted by Crippen LogP contribution is 2.27. The van der Waals surface area contributed by atoms with Crippen LogP contribution in [0.4, 0.5) is 10.5 Å². The number of nitrogens with zero attached hydrogens (tertiary/aromatic N) is 2. The molecule has 2 unspecified atom stereocenters. The van der Waals surface area contributed by atoms with Gasteiger partial charge in [-0.2, -0.15) is 0 Å². The van der Waals surface area contributed by atoms with Gasteiger partial charge in [-0.25, -0.2) is 4.79 Å².